The SMILES string of the molecule is O=C1N(CC2CC2)CCC12CCN(Cc1cccs1)CC2. The monoisotopic (exact) mass is 304 g/mol. The van der Waals surface area contributed by atoms with E-state index in [-0.39, 0.29) is 5.41 Å². The number of amides is 1. The minimum atomic E-state index is 0.000833. The van der Waals surface area contributed by atoms with E-state index < -0.39 is 0 Å². The molecular weight excluding hydrogens is 280 g/mol. The van der Waals surface area contributed by atoms with E-state index in [4.69, 9.17) is 0 Å². The van der Waals surface area contributed by atoms with Crippen molar-refractivity contribution in [3.8, 4) is 0 Å². The van der Waals surface area contributed by atoms with E-state index in [9.17, 15) is 4.79 Å². The second-order valence-electron chi connectivity index (χ2n) is 7.08. The Morgan fingerprint density at radius 3 is 2.62 bits per heavy atom. The molecule has 3 fully saturated rings. The number of carbonyl (C=O) groups is 1. The third kappa shape index (κ3) is 2.76. The summed E-state index contributed by atoms with van der Waals surface area (Å²) in [5, 5.41) is 2.15. The summed E-state index contributed by atoms with van der Waals surface area (Å²) >= 11 is 1.84. The van der Waals surface area contributed by atoms with E-state index >= 15 is 0 Å². The number of nitrogens with zero attached hydrogens (tertiary/aromatic N) is 2. The zero-order valence-corrected chi connectivity index (χ0v) is 13.4. The van der Waals surface area contributed by atoms with Gasteiger partial charge in [-0.2, -0.15) is 0 Å². The summed E-state index contributed by atoms with van der Waals surface area (Å²) in [5.74, 6) is 1.30. The Morgan fingerprint density at radius 1 is 1.19 bits per heavy atom. The Hall–Kier alpha value is -0.870. The molecule has 3 heterocycles. The normalized spacial score (nSPS) is 25.9. The molecule has 21 heavy (non-hydrogen) atoms. The van der Waals surface area contributed by atoms with Crippen molar-refractivity contribution < 1.29 is 4.79 Å². The fraction of sp³-hybridized carbons (Fsp3) is 0.706. The standard InChI is InChI=1S/C17H24N2OS/c20-16-17(7-10-19(16)12-14-3-4-14)5-8-18(9-6-17)13-15-2-1-11-21-15/h1-2,11,14H,3-10,12-13H2. The van der Waals surface area contributed by atoms with Gasteiger partial charge in [0.2, 0.25) is 5.91 Å². The van der Waals surface area contributed by atoms with Crippen molar-refractivity contribution in [2.75, 3.05) is 26.2 Å². The van der Waals surface area contributed by atoms with E-state index in [2.05, 4.69) is 27.3 Å². The average Bonchev–Trinajstić information content (AvgIpc) is 3.09. The third-order valence-corrected chi connectivity index (χ3v) is 6.41. The first-order valence-electron chi connectivity index (χ1n) is 8.29. The molecule has 0 aromatic carbocycles. The van der Waals surface area contributed by atoms with Gasteiger partial charge in [-0.05, 0) is 62.6 Å². The predicted octanol–water partition coefficient (Wildman–Crippen LogP) is 2.97. The van der Waals surface area contributed by atoms with Gasteiger partial charge < -0.3 is 4.90 Å². The molecule has 0 bridgehead atoms. The largest absolute Gasteiger partial charge is 0.342 e. The van der Waals surface area contributed by atoms with Crippen LogP contribution in [-0.4, -0.2) is 41.9 Å². The van der Waals surface area contributed by atoms with Gasteiger partial charge in [-0.15, -0.1) is 11.3 Å². The van der Waals surface area contributed by atoms with Crippen LogP contribution in [0.2, 0.25) is 0 Å². The van der Waals surface area contributed by atoms with Crippen LogP contribution in [0.1, 0.15) is 37.0 Å². The van der Waals surface area contributed by atoms with E-state index in [1.807, 2.05) is 11.3 Å². The molecule has 1 aromatic rings. The lowest BCUT2D eigenvalue weighted by Gasteiger charge is -2.37. The van der Waals surface area contributed by atoms with Crippen molar-refractivity contribution in [1.82, 2.24) is 9.80 Å². The predicted molar refractivity (Wildman–Crippen MR) is 85.2 cm³/mol. The Labute approximate surface area is 130 Å². The molecule has 2 saturated heterocycles. The first-order valence-corrected chi connectivity index (χ1v) is 9.17. The van der Waals surface area contributed by atoms with E-state index in [1.54, 1.807) is 0 Å². The van der Waals surface area contributed by atoms with Crippen molar-refractivity contribution in [1.29, 1.82) is 0 Å². The molecule has 1 amide bonds. The Kier molecular flexibility index (Phi) is 3.54. The van der Waals surface area contributed by atoms with Crippen molar-refractivity contribution >= 4 is 17.2 Å². The molecule has 3 aliphatic rings. The fourth-order valence-electron chi connectivity index (χ4n) is 3.91. The Morgan fingerprint density at radius 2 is 1.95 bits per heavy atom. The van der Waals surface area contributed by atoms with Crippen LogP contribution in [0.3, 0.4) is 0 Å². The molecule has 0 N–H and O–H groups in total. The van der Waals surface area contributed by atoms with Crippen LogP contribution in [0.25, 0.3) is 0 Å². The molecule has 1 saturated carbocycles. The topological polar surface area (TPSA) is 23.6 Å². The van der Waals surface area contributed by atoms with Gasteiger partial charge in [0.05, 0.1) is 5.41 Å². The van der Waals surface area contributed by atoms with Crippen molar-refractivity contribution in [2.45, 2.75) is 38.6 Å². The molecule has 4 heteroatoms. The van der Waals surface area contributed by atoms with Gasteiger partial charge >= 0.3 is 0 Å². The van der Waals surface area contributed by atoms with Crippen LogP contribution in [0, 0.1) is 11.3 Å². The van der Waals surface area contributed by atoms with Crippen LogP contribution in [0.15, 0.2) is 17.5 Å². The first-order chi connectivity index (χ1) is 10.3. The molecule has 2 aliphatic heterocycles. The highest BCUT2D eigenvalue weighted by Gasteiger charge is 2.48. The van der Waals surface area contributed by atoms with Gasteiger partial charge in [0.1, 0.15) is 0 Å². The number of thiophene rings is 1. The van der Waals surface area contributed by atoms with Crippen LogP contribution in [0.4, 0.5) is 0 Å². The zero-order valence-electron chi connectivity index (χ0n) is 12.6. The van der Waals surface area contributed by atoms with Gasteiger partial charge in [0, 0.05) is 24.5 Å². The fourth-order valence-corrected chi connectivity index (χ4v) is 4.65. The molecule has 1 spiro atoms. The Balaban J connectivity index is 1.34. The number of hydrogen-bond acceptors (Lipinski definition) is 3. The van der Waals surface area contributed by atoms with Gasteiger partial charge in [0.15, 0.2) is 0 Å². The van der Waals surface area contributed by atoms with Crippen molar-refractivity contribution in [2.24, 2.45) is 11.3 Å². The van der Waals surface area contributed by atoms with E-state index in [0.29, 0.717) is 5.91 Å². The molecule has 114 valence electrons. The summed E-state index contributed by atoms with van der Waals surface area (Å²) in [6.45, 7) is 5.29. The molecule has 3 nitrogen and oxygen atoms in total. The summed E-state index contributed by atoms with van der Waals surface area (Å²) in [6, 6.07) is 4.34. The molecule has 0 unspecified atom stereocenters. The molecule has 1 aliphatic carbocycles. The van der Waals surface area contributed by atoms with Crippen molar-refractivity contribution in [3.63, 3.8) is 0 Å². The maximum absolute atomic E-state index is 12.8. The molecule has 1 aromatic heterocycles. The minimum Gasteiger partial charge on any atom is -0.342 e. The zero-order chi connectivity index (χ0) is 14.3. The number of likely N-dealkylation sites (tertiary alicyclic amines) is 2. The number of rotatable bonds is 4. The summed E-state index contributed by atoms with van der Waals surface area (Å²) in [6.07, 6.45) is 5.92. The summed E-state index contributed by atoms with van der Waals surface area (Å²) in [5.41, 5.74) is 0.000833. The number of carbonyl (C=O) groups excluding carboxylic acids is 1. The van der Waals surface area contributed by atoms with Gasteiger partial charge in [0.25, 0.3) is 0 Å². The average molecular weight is 304 g/mol. The van der Waals surface area contributed by atoms with Gasteiger partial charge in [-0.25, -0.2) is 0 Å². The first kappa shape index (κ1) is 13.8. The second-order valence-corrected chi connectivity index (χ2v) is 8.11. The minimum absolute atomic E-state index is 0.000833. The van der Waals surface area contributed by atoms with E-state index in [1.165, 1.54) is 17.7 Å². The molecule has 0 atom stereocenters. The summed E-state index contributed by atoms with van der Waals surface area (Å²) in [7, 11) is 0. The molecular formula is C17H24N2OS. The maximum Gasteiger partial charge on any atom is 0.228 e. The smallest absolute Gasteiger partial charge is 0.228 e. The lowest BCUT2D eigenvalue weighted by atomic mass is 9.77. The summed E-state index contributed by atoms with van der Waals surface area (Å²) in [4.78, 5) is 18.9. The van der Waals surface area contributed by atoms with Crippen molar-refractivity contribution in [3.05, 3.63) is 22.4 Å². The maximum atomic E-state index is 12.8. The van der Waals surface area contributed by atoms with Crippen LogP contribution in [0.5, 0.6) is 0 Å². The number of piperidine rings is 1. The molecule has 4 rings (SSSR count). The quantitative estimate of drug-likeness (QED) is 0.854. The highest BCUT2D eigenvalue weighted by Crippen LogP contribution is 2.43. The van der Waals surface area contributed by atoms with Crippen LogP contribution >= 0.6 is 11.3 Å². The van der Waals surface area contributed by atoms with Crippen LogP contribution < -0.4 is 0 Å². The number of hydrogen-bond donors (Lipinski definition) is 0. The lowest BCUT2D eigenvalue weighted by molar-refractivity contribution is -0.138. The lowest BCUT2D eigenvalue weighted by Crippen LogP contribution is -2.44. The van der Waals surface area contributed by atoms with E-state index in [0.717, 1.165) is 57.9 Å². The highest BCUT2D eigenvalue weighted by molar-refractivity contribution is 7.09. The molecule has 0 radical (unpaired) electrons. The summed E-state index contributed by atoms with van der Waals surface area (Å²) < 4.78 is 0. The third-order valence-electron chi connectivity index (χ3n) is 5.55. The van der Waals surface area contributed by atoms with Gasteiger partial charge in [-0.1, -0.05) is 6.07 Å². The highest BCUT2D eigenvalue weighted by atomic mass is 32.1. The van der Waals surface area contributed by atoms with Crippen LogP contribution in [-0.2, 0) is 11.3 Å². The second kappa shape index (κ2) is 5.40. The van der Waals surface area contributed by atoms with Gasteiger partial charge in [-0.3, -0.25) is 9.69 Å². The Bertz CT molecular complexity index is 501.